The smallest absolute Gasteiger partial charge is 0.325 e. The molecule has 0 saturated carbocycles. The number of nitrogens with one attached hydrogen (secondary N) is 3. The Labute approximate surface area is 143 Å². The van der Waals surface area contributed by atoms with Crippen molar-refractivity contribution in [3.8, 4) is 0 Å². The molecule has 0 bridgehead atoms. The summed E-state index contributed by atoms with van der Waals surface area (Å²) in [5, 5.41) is 24.6. The van der Waals surface area contributed by atoms with Crippen molar-refractivity contribution in [3.05, 3.63) is 0 Å². The number of hydrogen-bond donors (Lipinski definition) is 7. The van der Waals surface area contributed by atoms with Crippen LogP contribution in [0.1, 0.15) is 20.3 Å². The van der Waals surface area contributed by atoms with Crippen molar-refractivity contribution in [3.63, 3.8) is 0 Å². The number of primary amides is 1. The van der Waals surface area contributed by atoms with Crippen LogP contribution in [0.2, 0.25) is 0 Å². The van der Waals surface area contributed by atoms with Crippen LogP contribution in [-0.4, -0.2) is 70.6 Å². The van der Waals surface area contributed by atoms with Crippen molar-refractivity contribution in [1.82, 2.24) is 16.0 Å². The van der Waals surface area contributed by atoms with Crippen LogP contribution in [0.25, 0.3) is 0 Å². The first-order valence-electron chi connectivity index (χ1n) is 7.27. The molecule has 0 aliphatic carbocycles. The Hall–Kier alpha value is -2.73. The van der Waals surface area contributed by atoms with E-state index in [-0.39, 0.29) is 0 Å². The normalized spacial score (nSPS) is 15.2. The minimum atomic E-state index is -1.43. The Morgan fingerprint density at radius 1 is 1.04 bits per heavy atom. The second-order valence-corrected chi connectivity index (χ2v) is 5.35. The molecule has 4 atom stereocenters. The van der Waals surface area contributed by atoms with E-state index >= 15 is 0 Å². The molecule has 0 radical (unpaired) electrons. The third kappa shape index (κ3) is 8.62. The predicted molar refractivity (Wildman–Crippen MR) is 83.6 cm³/mol. The van der Waals surface area contributed by atoms with Gasteiger partial charge in [0.1, 0.15) is 12.1 Å². The lowest BCUT2D eigenvalue weighted by Crippen LogP contribution is -2.57. The van der Waals surface area contributed by atoms with Gasteiger partial charge in [0, 0.05) is 0 Å². The van der Waals surface area contributed by atoms with Crippen molar-refractivity contribution in [2.24, 2.45) is 11.5 Å². The maximum atomic E-state index is 12.0. The third-order valence-corrected chi connectivity index (χ3v) is 2.99. The molecule has 0 aromatic carbocycles. The highest BCUT2D eigenvalue weighted by molar-refractivity contribution is 5.94. The third-order valence-electron chi connectivity index (χ3n) is 2.99. The Morgan fingerprint density at radius 3 is 2.04 bits per heavy atom. The molecule has 0 aliphatic rings. The van der Waals surface area contributed by atoms with Crippen LogP contribution in [0.3, 0.4) is 0 Å². The van der Waals surface area contributed by atoms with Gasteiger partial charge in [0.25, 0.3) is 0 Å². The summed E-state index contributed by atoms with van der Waals surface area (Å²) in [5.74, 6) is -4.62. The van der Waals surface area contributed by atoms with Gasteiger partial charge in [-0.25, -0.2) is 0 Å². The minimum Gasteiger partial charge on any atom is -0.480 e. The maximum absolute atomic E-state index is 12.0. The van der Waals surface area contributed by atoms with Crippen LogP contribution in [0.5, 0.6) is 0 Å². The van der Waals surface area contributed by atoms with Gasteiger partial charge in [-0.15, -0.1) is 0 Å². The summed E-state index contributed by atoms with van der Waals surface area (Å²) >= 11 is 0. The van der Waals surface area contributed by atoms with E-state index in [1.807, 2.05) is 0 Å². The molecule has 12 heteroatoms. The van der Waals surface area contributed by atoms with E-state index in [9.17, 15) is 29.1 Å². The van der Waals surface area contributed by atoms with Gasteiger partial charge in [0.05, 0.1) is 25.1 Å². The number of aliphatic hydroxyl groups excluding tert-OH is 1. The van der Waals surface area contributed by atoms with Crippen LogP contribution in [-0.2, 0) is 24.0 Å². The molecule has 0 rings (SSSR count). The van der Waals surface area contributed by atoms with Crippen LogP contribution in [0.15, 0.2) is 0 Å². The van der Waals surface area contributed by atoms with Crippen molar-refractivity contribution >= 4 is 29.6 Å². The highest BCUT2D eigenvalue weighted by Gasteiger charge is 2.28. The van der Waals surface area contributed by atoms with Gasteiger partial charge in [-0.3, -0.25) is 24.0 Å². The highest BCUT2D eigenvalue weighted by atomic mass is 16.4. The SMILES string of the molecule is CC(NC(=O)CNC(=O)C(NC(=O)C(N)CC(N)=O)C(C)O)C(=O)O. The van der Waals surface area contributed by atoms with Crippen LogP contribution in [0, 0.1) is 0 Å². The highest BCUT2D eigenvalue weighted by Crippen LogP contribution is 1.96. The molecule has 0 aliphatic heterocycles. The maximum Gasteiger partial charge on any atom is 0.325 e. The second-order valence-electron chi connectivity index (χ2n) is 5.35. The standard InChI is InChI=1S/C13H23N5O7/c1-5(13(24)25)17-9(21)4-16-12(23)10(6(2)19)18-11(22)7(14)3-8(15)20/h5-7,10,19H,3-4,14H2,1-2H3,(H2,15,20)(H,16,23)(H,17,21)(H,18,22)(H,24,25). The summed E-state index contributed by atoms with van der Waals surface area (Å²) in [4.78, 5) is 56.6. The average Bonchev–Trinajstić information content (AvgIpc) is 2.48. The molecule has 0 saturated heterocycles. The Kier molecular flexibility index (Phi) is 9.09. The van der Waals surface area contributed by atoms with Gasteiger partial charge in [0.15, 0.2) is 0 Å². The fourth-order valence-corrected chi connectivity index (χ4v) is 1.61. The van der Waals surface area contributed by atoms with Crippen LogP contribution >= 0.6 is 0 Å². The lowest BCUT2D eigenvalue weighted by Gasteiger charge is -2.22. The molecule has 0 aromatic rings. The van der Waals surface area contributed by atoms with E-state index < -0.39 is 66.8 Å². The number of aliphatic hydroxyl groups is 1. The number of carbonyl (C=O) groups excluding carboxylic acids is 4. The zero-order valence-electron chi connectivity index (χ0n) is 13.8. The van der Waals surface area contributed by atoms with E-state index in [4.69, 9.17) is 16.6 Å². The Bertz CT molecular complexity index is 537. The fraction of sp³-hybridized carbons (Fsp3) is 0.615. The molecule has 4 unspecified atom stereocenters. The monoisotopic (exact) mass is 361 g/mol. The topological polar surface area (TPSA) is 214 Å². The molecule has 4 amide bonds. The largest absolute Gasteiger partial charge is 0.480 e. The number of carbonyl (C=O) groups is 5. The first-order chi connectivity index (χ1) is 11.5. The Balaban J connectivity index is 4.65. The molecule has 0 spiro atoms. The molecule has 0 fully saturated rings. The molecule has 142 valence electrons. The number of rotatable bonds is 10. The summed E-state index contributed by atoms with van der Waals surface area (Å²) in [6.45, 7) is 1.89. The van der Waals surface area contributed by atoms with E-state index in [0.29, 0.717) is 0 Å². The summed E-state index contributed by atoms with van der Waals surface area (Å²) in [6.07, 6.45) is -1.78. The summed E-state index contributed by atoms with van der Waals surface area (Å²) in [5.41, 5.74) is 10.3. The van der Waals surface area contributed by atoms with Crippen molar-refractivity contribution in [1.29, 1.82) is 0 Å². The molecule has 12 nitrogen and oxygen atoms in total. The second kappa shape index (κ2) is 10.2. The lowest BCUT2D eigenvalue weighted by molar-refractivity contribution is -0.141. The van der Waals surface area contributed by atoms with Crippen molar-refractivity contribution in [2.45, 2.75) is 44.5 Å². The lowest BCUT2D eigenvalue weighted by atomic mass is 10.1. The number of carboxylic acid groups (broad SMARTS) is 1. The quantitative estimate of drug-likeness (QED) is 0.202. The van der Waals surface area contributed by atoms with Gasteiger partial charge in [-0.1, -0.05) is 0 Å². The van der Waals surface area contributed by atoms with Gasteiger partial charge in [-0.05, 0) is 13.8 Å². The Morgan fingerprint density at radius 2 is 1.60 bits per heavy atom. The van der Waals surface area contributed by atoms with Crippen molar-refractivity contribution in [2.75, 3.05) is 6.54 Å². The minimum absolute atomic E-state index is 0.449. The van der Waals surface area contributed by atoms with E-state index in [2.05, 4.69) is 16.0 Å². The van der Waals surface area contributed by atoms with Gasteiger partial charge in [0.2, 0.25) is 23.6 Å². The summed E-state index contributed by atoms with van der Waals surface area (Å²) in [6, 6.07) is -3.88. The molecule has 0 aromatic heterocycles. The van der Waals surface area contributed by atoms with E-state index in [1.165, 1.54) is 13.8 Å². The fourth-order valence-electron chi connectivity index (χ4n) is 1.61. The van der Waals surface area contributed by atoms with Gasteiger partial charge < -0.3 is 37.6 Å². The van der Waals surface area contributed by atoms with Crippen molar-refractivity contribution < 1.29 is 34.2 Å². The predicted octanol–water partition coefficient (Wildman–Crippen LogP) is -4.24. The number of hydrogen-bond acceptors (Lipinski definition) is 7. The molecule has 25 heavy (non-hydrogen) atoms. The first-order valence-corrected chi connectivity index (χ1v) is 7.27. The summed E-state index contributed by atoms with van der Waals surface area (Å²) in [7, 11) is 0. The van der Waals surface area contributed by atoms with Gasteiger partial charge >= 0.3 is 5.97 Å². The van der Waals surface area contributed by atoms with E-state index in [1.54, 1.807) is 0 Å². The number of amides is 4. The first kappa shape index (κ1) is 22.3. The van der Waals surface area contributed by atoms with Crippen LogP contribution in [0.4, 0.5) is 0 Å². The molecule has 0 heterocycles. The number of nitrogens with two attached hydrogens (primary N) is 2. The average molecular weight is 361 g/mol. The molecular weight excluding hydrogens is 338 g/mol. The summed E-state index contributed by atoms with van der Waals surface area (Å²) < 4.78 is 0. The number of carboxylic acids is 1. The van der Waals surface area contributed by atoms with Crippen LogP contribution < -0.4 is 27.4 Å². The van der Waals surface area contributed by atoms with E-state index in [0.717, 1.165) is 0 Å². The van der Waals surface area contributed by atoms with Gasteiger partial charge in [-0.2, -0.15) is 0 Å². The zero-order valence-corrected chi connectivity index (χ0v) is 13.8. The number of aliphatic carboxylic acids is 1. The zero-order chi connectivity index (χ0) is 19.7. The molecule has 9 N–H and O–H groups in total. The molecular formula is C13H23N5O7.